The molecule has 0 fully saturated rings. The highest BCUT2D eigenvalue weighted by molar-refractivity contribution is 5.94. The number of carbonyl (C=O) groups excluding carboxylic acids is 1. The molecule has 2 rings (SSSR count). The predicted octanol–water partition coefficient (Wildman–Crippen LogP) is 9.64. The Hall–Kier alpha value is -2.82. The number of amides is 1. The van der Waals surface area contributed by atoms with Gasteiger partial charge >= 0.3 is 0 Å². The minimum absolute atomic E-state index is 0.208. The van der Waals surface area contributed by atoms with Gasteiger partial charge < -0.3 is 9.47 Å². The third-order valence-corrected chi connectivity index (χ3v) is 6.91. The Labute approximate surface area is 237 Å². The van der Waals surface area contributed by atoms with E-state index in [4.69, 9.17) is 9.47 Å². The molecule has 0 unspecified atom stereocenters. The number of rotatable bonds is 23. The quantitative estimate of drug-likeness (QED) is 0.0873. The van der Waals surface area contributed by atoms with Crippen molar-refractivity contribution in [1.82, 2.24) is 5.43 Å². The minimum atomic E-state index is -0.208. The first-order chi connectivity index (χ1) is 19.2. The lowest BCUT2D eigenvalue weighted by atomic mass is 10.1. The SMILES string of the molecule is CCCCCCCCC/C=N/NC(=O)c1ccc(OCc2ccc(OCCCCCCCCCC)cc2)cc1. The summed E-state index contributed by atoms with van der Waals surface area (Å²) in [6.07, 6.45) is 22.0. The highest BCUT2D eigenvalue weighted by atomic mass is 16.5. The number of nitrogens with one attached hydrogen (secondary N) is 1. The molecule has 0 radical (unpaired) electrons. The number of ether oxygens (including phenoxy) is 2. The first-order valence-corrected chi connectivity index (χ1v) is 15.5. The maximum Gasteiger partial charge on any atom is 0.271 e. The molecule has 5 heteroatoms. The monoisotopic (exact) mass is 536 g/mol. The van der Waals surface area contributed by atoms with E-state index >= 15 is 0 Å². The molecule has 0 heterocycles. The van der Waals surface area contributed by atoms with E-state index < -0.39 is 0 Å². The third-order valence-electron chi connectivity index (χ3n) is 6.91. The van der Waals surface area contributed by atoms with Gasteiger partial charge in [0, 0.05) is 11.8 Å². The molecule has 0 spiro atoms. The van der Waals surface area contributed by atoms with Crippen molar-refractivity contribution in [3.63, 3.8) is 0 Å². The summed E-state index contributed by atoms with van der Waals surface area (Å²) in [5, 5.41) is 4.08. The Morgan fingerprint density at radius 2 is 1.18 bits per heavy atom. The van der Waals surface area contributed by atoms with E-state index in [1.165, 1.54) is 83.5 Å². The van der Waals surface area contributed by atoms with Crippen LogP contribution in [-0.4, -0.2) is 18.7 Å². The molecular weight excluding hydrogens is 484 g/mol. The van der Waals surface area contributed by atoms with Crippen molar-refractivity contribution in [2.24, 2.45) is 5.10 Å². The highest BCUT2D eigenvalue weighted by Gasteiger charge is 2.05. The molecule has 2 aromatic rings. The van der Waals surface area contributed by atoms with Gasteiger partial charge in [0.2, 0.25) is 0 Å². The molecule has 0 bridgehead atoms. The number of unbranched alkanes of at least 4 members (excludes halogenated alkanes) is 14. The summed E-state index contributed by atoms with van der Waals surface area (Å²) in [4.78, 5) is 12.3. The fourth-order valence-electron chi connectivity index (χ4n) is 4.40. The first kappa shape index (κ1) is 32.4. The molecule has 216 valence electrons. The summed E-state index contributed by atoms with van der Waals surface area (Å²) < 4.78 is 11.8. The molecular formula is C34H52N2O3. The minimum Gasteiger partial charge on any atom is -0.494 e. The van der Waals surface area contributed by atoms with Gasteiger partial charge in [0.1, 0.15) is 18.1 Å². The van der Waals surface area contributed by atoms with Crippen LogP contribution in [0.15, 0.2) is 53.6 Å². The number of hydrogen-bond donors (Lipinski definition) is 1. The molecule has 0 aromatic heterocycles. The Kier molecular flexibility index (Phi) is 18.3. The zero-order chi connectivity index (χ0) is 27.8. The lowest BCUT2D eigenvalue weighted by molar-refractivity contribution is 0.0955. The molecule has 1 amide bonds. The van der Waals surface area contributed by atoms with Gasteiger partial charge in [-0.3, -0.25) is 4.79 Å². The normalized spacial score (nSPS) is 11.1. The van der Waals surface area contributed by atoms with Crippen LogP contribution in [0.25, 0.3) is 0 Å². The van der Waals surface area contributed by atoms with E-state index in [0.29, 0.717) is 12.2 Å². The Bertz CT molecular complexity index is 894. The summed E-state index contributed by atoms with van der Waals surface area (Å²) >= 11 is 0. The van der Waals surface area contributed by atoms with Crippen molar-refractivity contribution in [2.75, 3.05) is 6.61 Å². The lowest BCUT2D eigenvalue weighted by Gasteiger charge is -2.09. The number of carbonyl (C=O) groups is 1. The molecule has 0 aliphatic rings. The maximum absolute atomic E-state index is 12.3. The van der Waals surface area contributed by atoms with Gasteiger partial charge in [-0.2, -0.15) is 5.10 Å². The van der Waals surface area contributed by atoms with Crippen molar-refractivity contribution >= 4 is 12.1 Å². The van der Waals surface area contributed by atoms with Gasteiger partial charge in [-0.05, 0) is 61.2 Å². The van der Waals surface area contributed by atoms with E-state index in [2.05, 4.69) is 24.4 Å². The fraction of sp³-hybridized carbons (Fsp3) is 0.588. The van der Waals surface area contributed by atoms with Crippen LogP contribution in [0.4, 0.5) is 0 Å². The molecule has 0 atom stereocenters. The van der Waals surface area contributed by atoms with Crippen molar-refractivity contribution < 1.29 is 14.3 Å². The molecule has 0 aliphatic carbocycles. The van der Waals surface area contributed by atoms with Crippen LogP contribution in [0.2, 0.25) is 0 Å². The summed E-state index contributed by atoms with van der Waals surface area (Å²) in [6, 6.07) is 15.2. The molecule has 2 aromatic carbocycles. The van der Waals surface area contributed by atoms with Gasteiger partial charge in [0.15, 0.2) is 0 Å². The smallest absolute Gasteiger partial charge is 0.271 e. The first-order valence-electron chi connectivity index (χ1n) is 15.5. The van der Waals surface area contributed by atoms with Crippen LogP contribution in [0, 0.1) is 0 Å². The second-order valence-corrected chi connectivity index (χ2v) is 10.4. The van der Waals surface area contributed by atoms with Gasteiger partial charge in [-0.15, -0.1) is 0 Å². The van der Waals surface area contributed by atoms with Crippen molar-refractivity contribution in [3.05, 3.63) is 59.7 Å². The average Bonchev–Trinajstić information content (AvgIpc) is 2.97. The second-order valence-electron chi connectivity index (χ2n) is 10.4. The average molecular weight is 537 g/mol. The summed E-state index contributed by atoms with van der Waals surface area (Å²) in [5.74, 6) is 1.42. The van der Waals surface area contributed by atoms with Crippen LogP contribution >= 0.6 is 0 Å². The van der Waals surface area contributed by atoms with Crippen molar-refractivity contribution in [1.29, 1.82) is 0 Å². The molecule has 5 nitrogen and oxygen atoms in total. The largest absolute Gasteiger partial charge is 0.494 e. The van der Waals surface area contributed by atoms with Gasteiger partial charge in [0.05, 0.1) is 6.61 Å². The van der Waals surface area contributed by atoms with Crippen LogP contribution < -0.4 is 14.9 Å². The third kappa shape index (κ3) is 16.0. The van der Waals surface area contributed by atoms with E-state index in [-0.39, 0.29) is 5.91 Å². The van der Waals surface area contributed by atoms with Crippen molar-refractivity contribution in [3.8, 4) is 11.5 Å². The van der Waals surface area contributed by atoms with Gasteiger partial charge in [-0.1, -0.05) is 109 Å². The highest BCUT2D eigenvalue weighted by Crippen LogP contribution is 2.17. The Balaban J connectivity index is 1.56. The number of hydrogen-bond acceptors (Lipinski definition) is 4. The zero-order valence-corrected chi connectivity index (χ0v) is 24.6. The van der Waals surface area contributed by atoms with E-state index in [1.54, 1.807) is 18.3 Å². The number of benzene rings is 2. The fourth-order valence-corrected chi connectivity index (χ4v) is 4.40. The van der Waals surface area contributed by atoms with Gasteiger partial charge in [-0.25, -0.2) is 5.43 Å². The molecule has 1 N–H and O–H groups in total. The van der Waals surface area contributed by atoms with E-state index in [9.17, 15) is 4.79 Å². The lowest BCUT2D eigenvalue weighted by Crippen LogP contribution is -2.17. The van der Waals surface area contributed by atoms with E-state index in [1.807, 2.05) is 36.4 Å². The second kappa shape index (κ2) is 22.0. The van der Waals surface area contributed by atoms with Crippen LogP contribution in [-0.2, 0) is 6.61 Å². The summed E-state index contributed by atoms with van der Waals surface area (Å²) in [5.41, 5.74) is 4.25. The van der Waals surface area contributed by atoms with Crippen LogP contribution in [0.3, 0.4) is 0 Å². The topological polar surface area (TPSA) is 59.9 Å². The number of hydrazone groups is 1. The number of nitrogens with zero attached hydrogens (tertiary/aromatic N) is 1. The maximum atomic E-state index is 12.3. The predicted molar refractivity (Wildman–Crippen MR) is 164 cm³/mol. The summed E-state index contributed by atoms with van der Waals surface area (Å²) in [7, 11) is 0. The molecule has 0 aliphatic heterocycles. The standard InChI is InChI=1S/C34H52N2O3/c1-3-5-7-9-11-13-15-17-27-35-36-34(37)31-21-25-33(26-22-31)39-29-30-19-23-32(24-20-30)38-28-18-16-14-12-10-8-6-4-2/h19-27H,3-18,28-29H2,1-2H3,(H,36,37)/b35-27+. The zero-order valence-electron chi connectivity index (χ0n) is 24.6. The molecule has 39 heavy (non-hydrogen) atoms. The van der Waals surface area contributed by atoms with Crippen LogP contribution in [0.1, 0.15) is 133 Å². The van der Waals surface area contributed by atoms with Gasteiger partial charge in [0.25, 0.3) is 5.91 Å². The Morgan fingerprint density at radius 3 is 1.79 bits per heavy atom. The molecule has 0 saturated heterocycles. The van der Waals surface area contributed by atoms with Crippen molar-refractivity contribution in [2.45, 2.75) is 123 Å². The van der Waals surface area contributed by atoms with E-state index in [0.717, 1.165) is 42.9 Å². The molecule has 0 saturated carbocycles. The Morgan fingerprint density at radius 1 is 0.667 bits per heavy atom. The van der Waals surface area contributed by atoms with Crippen LogP contribution in [0.5, 0.6) is 11.5 Å². The summed E-state index contributed by atoms with van der Waals surface area (Å²) in [6.45, 7) is 5.73.